The van der Waals surface area contributed by atoms with Gasteiger partial charge in [0.2, 0.25) is 0 Å². The van der Waals surface area contributed by atoms with Gasteiger partial charge in [-0.05, 0) is 37.0 Å². The monoisotopic (exact) mass is 227 g/mol. The molecule has 0 N–H and O–H groups in total. The number of unbranched alkanes of at least 4 members (excludes halogenated alkanes) is 4. The Hall–Kier alpha value is -1.88. The van der Waals surface area contributed by atoms with Gasteiger partial charge >= 0.3 is 0 Å². The van der Waals surface area contributed by atoms with Crippen LogP contribution in [-0.2, 0) is 4.79 Å². The summed E-state index contributed by atoms with van der Waals surface area (Å²) in [7, 11) is 0. The molecule has 2 heteroatoms. The number of hydrogen-bond acceptors (Lipinski definition) is 2. The minimum atomic E-state index is 0.680. The molecule has 0 radical (unpaired) electrons. The lowest BCUT2D eigenvalue weighted by atomic mass is 10.1. The van der Waals surface area contributed by atoms with E-state index in [1.807, 2.05) is 24.3 Å². The molecule has 17 heavy (non-hydrogen) atoms. The number of carbonyl (C=O) groups excluding carboxylic acids is 1. The van der Waals surface area contributed by atoms with Gasteiger partial charge < -0.3 is 4.79 Å². The highest BCUT2D eigenvalue weighted by Gasteiger charge is 1.90. The lowest BCUT2D eigenvalue weighted by molar-refractivity contribution is -0.107. The Labute approximate surface area is 103 Å². The first-order valence-electron chi connectivity index (χ1n) is 5.97. The molecule has 0 aliphatic heterocycles. The van der Waals surface area contributed by atoms with Crippen molar-refractivity contribution in [3.8, 4) is 6.07 Å². The van der Waals surface area contributed by atoms with E-state index in [1.165, 1.54) is 0 Å². The summed E-state index contributed by atoms with van der Waals surface area (Å²) in [6, 6.07) is 9.64. The normalized spacial score (nSPS) is 10.3. The molecule has 0 aliphatic rings. The van der Waals surface area contributed by atoms with Gasteiger partial charge in [-0.15, -0.1) is 0 Å². The third-order valence-corrected chi connectivity index (χ3v) is 2.54. The van der Waals surface area contributed by atoms with Crippen LogP contribution in [0.25, 0.3) is 6.08 Å². The highest BCUT2D eigenvalue weighted by Crippen LogP contribution is 2.08. The molecule has 0 atom stereocenters. The fourth-order valence-corrected chi connectivity index (χ4v) is 1.55. The van der Waals surface area contributed by atoms with Gasteiger partial charge in [0.05, 0.1) is 11.6 Å². The number of aldehydes is 1. The Morgan fingerprint density at radius 1 is 1.06 bits per heavy atom. The minimum absolute atomic E-state index is 0.680. The second-order valence-corrected chi connectivity index (χ2v) is 3.94. The van der Waals surface area contributed by atoms with E-state index in [0.717, 1.165) is 37.5 Å². The average molecular weight is 227 g/mol. The van der Waals surface area contributed by atoms with Gasteiger partial charge in [-0.25, -0.2) is 0 Å². The zero-order chi connectivity index (χ0) is 12.3. The number of rotatable bonds is 7. The van der Waals surface area contributed by atoms with Crippen molar-refractivity contribution in [2.75, 3.05) is 0 Å². The summed E-state index contributed by atoms with van der Waals surface area (Å²) in [5.41, 5.74) is 1.81. The zero-order valence-corrected chi connectivity index (χ0v) is 9.93. The van der Waals surface area contributed by atoms with Gasteiger partial charge in [0.15, 0.2) is 0 Å². The van der Waals surface area contributed by atoms with Crippen molar-refractivity contribution in [3.63, 3.8) is 0 Å². The quantitative estimate of drug-likeness (QED) is 0.526. The maximum absolute atomic E-state index is 10.1. The van der Waals surface area contributed by atoms with Crippen LogP contribution in [0.1, 0.15) is 43.2 Å². The SMILES string of the molecule is N#Cc1ccc(C=CCCCCCC=O)cc1. The van der Waals surface area contributed by atoms with E-state index >= 15 is 0 Å². The molecule has 88 valence electrons. The van der Waals surface area contributed by atoms with Gasteiger partial charge in [0, 0.05) is 6.42 Å². The molecule has 2 nitrogen and oxygen atoms in total. The van der Waals surface area contributed by atoms with Crippen molar-refractivity contribution in [2.45, 2.75) is 32.1 Å². The lowest BCUT2D eigenvalue weighted by Gasteiger charge is -1.95. The van der Waals surface area contributed by atoms with Crippen LogP contribution < -0.4 is 0 Å². The van der Waals surface area contributed by atoms with Crippen LogP contribution in [0.5, 0.6) is 0 Å². The molecule has 0 bridgehead atoms. The number of benzene rings is 1. The van der Waals surface area contributed by atoms with E-state index in [2.05, 4.69) is 18.2 Å². The van der Waals surface area contributed by atoms with Gasteiger partial charge in [-0.2, -0.15) is 5.26 Å². The minimum Gasteiger partial charge on any atom is -0.303 e. The number of nitriles is 1. The number of nitrogens with zero attached hydrogens (tertiary/aromatic N) is 1. The molecule has 0 fully saturated rings. The topological polar surface area (TPSA) is 40.9 Å². The molecule has 0 heterocycles. The van der Waals surface area contributed by atoms with Crippen LogP contribution in [-0.4, -0.2) is 6.29 Å². The third kappa shape index (κ3) is 5.67. The zero-order valence-electron chi connectivity index (χ0n) is 9.93. The van der Waals surface area contributed by atoms with E-state index < -0.39 is 0 Å². The molecule has 0 aliphatic carbocycles. The molecular formula is C15H17NO. The Balaban J connectivity index is 2.24. The van der Waals surface area contributed by atoms with Crippen molar-refractivity contribution in [3.05, 3.63) is 41.5 Å². The summed E-state index contributed by atoms with van der Waals surface area (Å²) >= 11 is 0. The molecular weight excluding hydrogens is 210 g/mol. The Morgan fingerprint density at radius 2 is 1.76 bits per heavy atom. The summed E-state index contributed by atoms with van der Waals surface area (Å²) in [6.45, 7) is 0. The Bertz CT molecular complexity index is 398. The summed E-state index contributed by atoms with van der Waals surface area (Å²) < 4.78 is 0. The van der Waals surface area contributed by atoms with Crippen LogP contribution in [0.4, 0.5) is 0 Å². The van der Waals surface area contributed by atoms with Crippen LogP contribution >= 0.6 is 0 Å². The standard InChI is InChI=1S/C15H17NO/c16-13-15-10-8-14(9-11-15)7-5-3-1-2-4-6-12-17/h5,7-12H,1-4,6H2. The van der Waals surface area contributed by atoms with Crippen LogP contribution in [0.3, 0.4) is 0 Å². The van der Waals surface area contributed by atoms with Crippen LogP contribution in [0, 0.1) is 11.3 Å². The van der Waals surface area contributed by atoms with Crippen molar-refractivity contribution in [1.82, 2.24) is 0 Å². The maximum Gasteiger partial charge on any atom is 0.119 e. The smallest absolute Gasteiger partial charge is 0.119 e. The van der Waals surface area contributed by atoms with E-state index in [-0.39, 0.29) is 0 Å². The highest BCUT2D eigenvalue weighted by atomic mass is 16.1. The Morgan fingerprint density at radius 3 is 2.41 bits per heavy atom. The molecule has 1 aromatic rings. The third-order valence-electron chi connectivity index (χ3n) is 2.54. The number of carbonyl (C=O) groups is 1. The number of hydrogen-bond donors (Lipinski definition) is 0. The maximum atomic E-state index is 10.1. The van der Waals surface area contributed by atoms with E-state index in [9.17, 15) is 4.79 Å². The van der Waals surface area contributed by atoms with Gasteiger partial charge in [-0.3, -0.25) is 0 Å². The predicted octanol–water partition coefficient (Wildman–Crippen LogP) is 3.72. The first kappa shape index (κ1) is 13.2. The molecule has 1 rings (SSSR count). The van der Waals surface area contributed by atoms with E-state index in [1.54, 1.807) is 0 Å². The average Bonchev–Trinajstić information content (AvgIpc) is 2.38. The highest BCUT2D eigenvalue weighted by molar-refractivity contribution is 5.50. The molecule has 1 aromatic carbocycles. The molecule has 0 saturated heterocycles. The largest absolute Gasteiger partial charge is 0.303 e. The first-order valence-corrected chi connectivity index (χ1v) is 5.97. The molecule has 0 spiro atoms. The molecule has 0 unspecified atom stereocenters. The summed E-state index contributed by atoms with van der Waals surface area (Å²) in [4.78, 5) is 10.1. The molecule has 0 saturated carbocycles. The summed E-state index contributed by atoms with van der Waals surface area (Å²) in [5, 5.41) is 8.65. The van der Waals surface area contributed by atoms with Crippen molar-refractivity contribution >= 4 is 12.4 Å². The second-order valence-electron chi connectivity index (χ2n) is 3.94. The van der Waals surface area contributed by atoms with Crippen LogP contribution in [0.2, 0.25) is 0 Å². The van der Waals surface area contributed by atoms with E-state index in [0.29, 0.717) is 12.0 Å². The summed E-state index contributed by atoms with van der Waals surface area (Å²) in [5.74, 6) is 0. The van der Waals surface area contributed by atoms with Gasteiger partial charge in [-0.1, -0.05) is 30.7 Å². The molecule has 0 aromatic heterocycles. The Kier molecular flexibility index (Phi) is 6.43. The van der Waals surface area contributed by atoms with E-state index in [4.69, 9.17) is 5.26 Å². The van der Waals surface area contributed by atoms with Gasteiger partial charge in [0.1, 0.15) is 6.29 Å². The summed E-state index contributed by atoms with van der Waals surface area (Å²) in [6.07, 6.45) is 10.1. The second kappa shape index (κ2) is 8.29. The fourth-order valence-electron chi connectivity index (χ4n) is 1.55. The first-order chi connectivity index (χ1) is 8.36. The van der Waals surface area contributed by atoms with Crippen molar-refractivity contribution < 1.29 is 4.79 Å². The number of allylic oxidation sites excluding steroid dienone is 1. The fraction of sp³-hybridized carbons (Fsp3) is 0.333. The predicted molar refractivity (Wildman–Crippen MR) is 69.3 cm³/mol. The van der Waals surface area contributed by atoms with Gasteiger partial charge in [0.25, 0.3) is 0 Å². The lowest BCUT2D eigenvalue weighted by Crippen LogP contribution is -1.78. The van der Waals surface area contributed by atoms with Crippen molar-refractivity contribution in [1.29, 1.82) is 5.26 Å². The molecule has 0 amide bonds. The van der Waals surface area contributed by atoms with Crippen molar-refractivity contribution in [2.24, 2.45) is 0 Å². The van der Waals surface area contributed by atoms with Crippen LogP contribution in [0.15, 0.2) is 30.3 Å².